The summed E-state index contributed by atoms with van der Waals surface area (Å²) in [4.78, 5) is 26.9. The van der Waals surface area contributed by atoms with Crippen LogP contribution in [-0.2, 0) is 4.79 Å². The molecule has 1 atom stereocenters. The zero-order valence-electron chi connectivity index (χ0n) is 12.4. The Morgan fingerprint density at radius 1 is 1.20 bits per heavy atom. The van der Waals surface area contributed by atoms with Gasteiger partial charge in [-0.05, 0) is 31.9 Å². The zero-order valence-corrected chi connectivity index (χ0v) is 12.4. The zero-order chi connectivity index (χ0) is 14.8. The Hall–Kier alpha value is -1.84. The molecule has 0 bridgehead atoms. The van der Waals surface area contributed by atoms with E-state index in [0.717, 1.165) is 18.5 Å². The number of amides is 2. The average Bonchev–Trinajstić information content (AvgIpc) is 2.54. The Bertz CT molecular complexity index is 527. The summed E-state index contributed by atoms with van der Waals surface area (Å²) in [5, 5.41) is 2.89. The van der Waals surface area contributed by atoms with Crippen molar-refractivity contribution >= 4 is 17.5 Å². The minimum Gasteiger partial charge on any atom is -0.338 e. The molecule has 2 rings (SSSR count). The Labute approximate surface area is 120 Å². The van der Waals surface area contributed by atoms with Crippen LogP contribution in [0.25, 0.3) is 0 Å². The van der Waals surface area contributed by atoms with E-state index in [1.54, 1.807) is 17.9 Å². The highest BCUT2D eigenvalue weighted by atomic mass is 16.2. The van der Waals surface area contributed by atoms with Gasteiger partial charge in [0.1, 0.15) is 5.54 Å². The molecule has 4 nitrogen and oxygen atoms in total. The van der Waals surface area contributed by atoms with Gasteiger partial charge < -0.3 is 10.2 Å². The van der Waals surface area contributed by atoms with Crippen molar-refractivity contribution < 1.29 is 9.59 Å². The van der Waals surface area contributed by atoms with Crippen molar-refractivity contribution in [2.75, 3.05) is 11.4 Å². The Morgan fingerprint density at radius 2 is 1.90 bits per heavy atom. The molecular formula is C16H22N2O2. The van der Waals surface area contributed by atoms with Crippen LogP contribution >= 0.6 is 0 Å². The SMILES string of the molecule is CCCCN1C(=O)C(C)(CC)NC(=O)c2ccccc21. The van der Waals surface area contributed by atoms with Crippen molar-refractivity contribution in [1.29, 1.82) is 0 Å². The van der Waals surface area contributed by atoms with Gasteiger partial charge in [-0.2, -0.15) is 0 Å². The summed E-state index contributed by atoms with van der Waals surface area (Å²) in [7, 11) is 0. The van der Waals surface area contributed by atoms with Crippen LogP contribution in [0.5, 0.6) is 0 Å². The van der Waals surface area contributed by atoms with E-state index in [9.17, 15) is 9.59 Å². The van der Waals surface area contributed by atoms with Crippen molar-refractivity contribution in [2.45, 2.75) is 45.6 Å². The van der Waals surface area contributed by atoms with E-state index in [2.05, 4.69) is 12.2 Å². The Kier molecular flexibility index (Phi) is 4.12. The van der Waals surface area contributed by atoms with Crippen molar-refractivity contribution in [3.63, 3.8) is 0 Å². The van der Waals surface area contributed by atoms with Gasteiger partial charge in [0.05, 0.1) is 11.3 Å². The molecule has 0 aliphatic carbocycles. The molecule has 1 aromatic carbocycles. The van der Waals surface area contributed by atoms with Gasteiger partial charge in [0, 0.05) is 6.54 Å². The number of hydrogen-bond acceptors (Lipinski definition) is 2. The second-order valence-electron chi connectivity index (χ2n) is 5.47. The fourth-order valence-electron chi connectivity index (χ4n) is 2.46. The number of carbonyl (C=O) groups excluding carboxylic acids is 2. The number of para-hydroxylation sites is 1. The molecule has 0 aromatic heterocycles. The molecule has 108 valence electrons. The molecule has 1 heterocycles. The van der Waals surface area contributed by atoms with Gasteiger partial charge in [0.2, 0.25) is 0 Å². The number of nitrogens with zero attached hydrogens (tertiary/aromatic N) is 1. The van der Waals surface area contributed by atoms with Crippen molar-refractivity contribution in [1.82, 2.24) is 5.32 Å². The van der Waals surface area contributed by atoms with Gasteiger partial charge in [-0.3, -0.25) is 9.59 Å². The molecule has 2 amide bonds. The molecular weight excluding hydrogens is 252 g/mol. The molecule has 0 spiro atoms. The predicted molar refractivity (Wildman–Crippen MR) is 79.9 cm³/mol. The average molecular weight is 274 g/mol. The molecule has 1 N–H and O–H groups in total. The highest BCUT2D eigenvalue weighted by Gasteiger charge is 2.41. The maximum Gasteiger partial charge on any atom is 0.254 e. The number of fused-ring (bicyclic) bond motifs is 1. The monoisotopic (exact) mass is 274 g/mol. The summed E-state index contributed by atoms with van der Waals surface area (Å²) in [5.74, 6) is -0.191. The lowest BCUT2D eigenvalue weighted by Crippen LogP contribution is -2.55. The van der Waals surface area contributed by atoms with Gasteiger partial charge in [-0.25, -0.2) is 0 Å². The van der Waals surface area contributed by atoms with Gasteiger partial charge >= 0.3 is 0 Å². The first-order chi connectivity index (χ1) is 9.53. The van der Waals surface area contributed by atoms with Crippen LogP contribution in [0.4, 0.5) is 5.69 Å². The van der Waals surface area contributed by atoms with E-state index < -0.39 is 5.54 Å². The highest BCUT2D eigenvalue weighted by Crippen LogP contribution is 2.29. The van der Waals surface area contributed by atoms with E-state index in [0.29, 0.717) is 18.5 Å². The number of anilines is 1. The number of benzene rings is 1. The summed E-state index contributed by atoms with van der Waals surface area (Å²) in [6, 6.07) is 7.32. The van der Waals surface area contributed by atoms with Crippen molar-refractivity contribution in [3.05, 3.63) is 29.8 Å². The normalized spacial score (nSPS) is 22.2. The minimum absolute atomic E-state index is 0.0215. The summed E-state index contributed by atoms with van der Waals surface area (Å²) < 4.78 is 0. The summed E-state index contributed by atoms with van der Waals surface area (Å²) in [6.45, 7) is 6.47. The maximum atomic E-state index is 12.8. The second-order valence-corrected chi connectivity index (χ2v) is 5.47. The third kappa shape index (κ3) is 2.42. The lowest BCUT2D eigenvalue weighted by Gasteiger charge is -2.31. The molecule has 20 heavy (non-hydrogen) atoms. The number of rotatable bonds is 4. The van der Waals surface area contributed by atoms with Crippen LogP contribution in [0, 0.1) is 0 Å². The van der Waals surface area contributed by atoms with Crippen LogP contribution in [0.15, 0.2) is 24.3 Å². The number of unbranched alkanes of at least 4 members (excludes halogenated alkanes) is 1. The standard InChI is InChI=1S/C16H22N2O2/c1-4-6-11-18-13-10-8-7-9-12(13)14(19)17-16(3,5-2)15(18)20/h7-10H,4-6,11H2,1-3H3,(H,17,19). The smallest absolute Gasteiger partial charge is 0.254 e. The summed E-state index contributed by atoms with van der Waals surface area (Å²) in [6.07, 6.45) is 2.51. The van der Waals surface area contributed by atoms with Crippen molar-refractivity contribution in [3.8, 4) is 0 Å². The van der Waals surface area contributed by atoms with Crippen molar-refractivity contribution in [2.24, 2.45) is 0 Å². The Morgan fingerprint density at radius 3 is 2.55 bits per heavy atom. The molecule has 1 aromatic rings. The summed E-state index contributed by atoms with van der Waals surface area (Å²) >= 11 is 0. The fourth-order valence-corrected chi connectivity index (χ4v) is 2.46. The van der Waals surface area contributed by atoms with Crippen LogP contribution in [0.3, 0.4) is 0 Å². The molecule has 0 saturated heterocycles. The lowest BCUT2D eigenvalue weighted by atomic mass is 9.97. The molecule has 1 aliphatic heterocycles. The molecule has 0 radical (unpaired) electrons. The van der Waals surface area contributed by atoms with Gasteiger partial charge in [-0.1, -0.05) is 32.4 Å². The van der Waals surface area contributed by atoms with Gasteiger partial charge in [0.15, 0.2) is 0 Å². The van der Waals surface area contributed by atoms with Gasteiger partial charge in [-0.15, -0.1) is 0 Å². The predicted octanol–water partition coefficient (Wildman–Crippen LogP) is 2.73. The first-order valence-electron chi connectivity index (χ1n) is 7.27. The van der Waals surface area contributed by atoms with Crippen LogP contribution in [0.2, 0.25) is 0 Å². The van der Waals surface area contributed by atoms with E-state index in [-0.39, 0.29) is 11.8 Å². The minimum atomic E-state index is -0.830. The molecule has 0 fully saturated rings. The molecule has 0 saturated carbocycles. The fraction of sp³-hybridized carbons (Fsp3) is 0.500. The topological polar surface area (TPSA) is 49.4 Å². The third-order valence-corrected chi connectivity index (χ3v) is 3.99. The van der Waals surface area contributed by atoms with E-state index >= 15 is 0 Å². The maximum absolute atomic E-state index is 12.8. The third-order valence-electron chi connectivity index (χ3n) is 3.99. The van der Waals surface area contributed by atoms with Gasteiger partial charge in [0.25, 0.3) is 11.8 Å². The Balaban J connectivity index is 2.51. The second kappa shape index (κ2) is 5.65. The molecule has 4 heteroatoms. The van der Waals surface area contributed by atoms with Crippen LogP contribution in [0.1, 0.15) is 50.4 Å². The van der Waals surface area contributed by atoms with E-state index in [4.69, 9.17) is 0 Å². The lowest BCUT2D eigenvalue weighted by molar-refractivity contribution is -0.124. The summed E-state index contributed by atoms with van der Waals surface area (Å²) in [5.41, 5.74) is 0.471. The number of carbonyl (C=O) groups is 2. The quantitative estimate of drug-likeness (QED) is 0.917. The largest absolute Gasteiger partial charge is 0.338 e. The number of nitrogens with one attached hydrogen (secondary N) is 1. The first kappa shape index (κ1) is 14.6. The van der Waals surface area contributed by atoms with E-state index in [1.165, 1.54) is 0 Å². The molecule has 1 aliphatic rings. The first-order valence-corrected chi connectivity index (χ1v) is 7.27. The van der Waals surface area contributed by atoms with E-state index in [1.807, 2.05) is 25.1 Å². The highest BCUT2D eigenvalue weighted by molar-refractivity contribution is 6.12. The van der Waals surface area contributed by atoms with Crippen LogP contribution < -0.4 is 10.2 Å². The number of hydrogen-bond donors (Lipinski definition) is 1. The van der Waals surface area contributed by atoms with Crippen LogP contribution in [-0.4, -0.2) is 23.9 Å². The molecule has 1 unspecified atom stereocenters.